The van der Waals surface area contributed by atoms with Crippen LogP contribution in [0.15, 0.2) is 30.5 Å². The molecule has 2 heterocycles. The molecule has 0 radical (unpaired) electrons. The number of carbonyl (C=O) groups excluding carboxylic acids is 1. The van der Waals surface area contributed by atoms with Gasteiger partial charge in [0.15, 0.2) is 0 Å². The summed E-state index contributed by atoms with van der Waals surface area (Å²) in [6.45, 7) is 3.63. The van der Waals surface area contributed by atoms with Crippen molar-refractivity contribution in [3.05, 3.63) is 30.5 Å². The van der Waals surface area contributed by atoms with Gasteiger partial charge in [-0.05, 0) is 12.8 Å². The molecule has 1 aliphatic heterocycles. The lowest BCUT2D eigenvalue weighted by atomic mass is 10.1. The second kappa shape index (κ2) is 4.95. The van der Waals surface area contributed by atoms with E-state index in [0.717, 1.165) is 67.6 Å². The first-order chi connectivity index (χ1) is 10.7. The maximum atomic E-state index is 11.3. The van der Waals surface area contributed by atoms with Gasteiger partial charge < -0.3 is 15.4 Å². The first-order valence-electron chi connectivity index (χ1n) is 7.83. The number of anilines is 2. The summed E-state index contributed by atoms with van der Waals surface area (Å²) in [5, 5.41) is 2.16. The van der Waals surface area contributed by atoms with Gasteiger partial charge in [0.1, 0.15) is 12.1 Å². The molecule has 0 unspecified atom stereocenters. The molecule has 0 amide bonds. The predicted octanol–water partition coefficient (Wildman–Crippen LogP) is 1.67. The van der Waals surface area contributed by atoms with E-state index >= 15 is 0 Å². The van der Waals surface area contributed by atoms with Crippen molar-refractivity contribution in [3.8, 4) is 0 Å². The van der Waals surface area contributed by atoms with Gasteiger partial charge in [0.2, 0.25) is 0 Å². The fourth-order valence-electron chi connectivity index (χ4n) is 3.45. The summed E-state index contributed by atoms with van der Waals surface area (Å²) < 4.78 is 0. The predicted molar refractivity (Wildman–Crippen MR) is 88.0 cm³/mol. The van der Waals surface area contributed by atoms with Crippen LogP contribution in [0.25, 0.3) is 10.8 Å². The number of carbonyl (C=O) groups is 1. The Morgan fingerprint density at radius 2 is 1.77 bits per heavy atom. The van der Waals surface area contributed by atoms with Crippen LogP contribution in [0.3, 0.4) is 0 Å². The van der Waals surface area contributed by atoms with Crippen molar-refractivity contribution in [2.24, 2.45) is 0 Å². The number of fused-ring (bicyclic) bond motifs is 1. The zero-order valence-corrected chi connectivity index (χ0v) is 12.5. The van der Waals surface area contributed by atoms with E-state index in [-0.39, 0.29) is 5.54 Å². The van der Waals surface area contributed by atoms with Gasteiger partial charge in [0, 0.05) is 37.0 Å². The summed E-state index contributed by atoms with van der Waals surface area (Å²) in [5.74, 6) is 1.00. The van der Waals surface area contributed by atoms with Crippen LogP contribution >= 0.6 is 0 Å². The Bertz CT molecular complexity index is 718. The van der Waals surface area contributed by atoms with E-state index in [2.05, 4.69) is 20.9 Å². The molecule has 22 heavy (non-hydrogen) atoms. The van der Waals surface area contributed by atoms with Crippen molar-refractivity contribution < 1.29 is 4.79 Å². The second-order valence-electron chi connectivity index (χ2n) is 6.28. The van der Waals surface area contributed by atoms with Gasteiger partial charge in [-0.15, -0.1) is 0 Å². The molecule has 2 aromatic rings. The molecular formula is C17H20N4O. The molecule has 114 valence electrons. The van der Waals surface area contributed by atoms with E-state index < -0.39 is 0 Å². The SMILES string of the molecule is Nc1cnc(N2CCN(C3(C=O)CC3)CC2)c2ccccc12. The van der Waals surface area contributed by atoms with Crippen molar-refractivity contribution in [1.29, 1.82) is 0 Å². The third-order valence-corrected chi connectivity index (χ3v) is 5.00. The number of hydrogen-bond donors (Lipinski definition) is 1. The van der Waals surface area contributed by atoms with Crippen LogP contribution in [-0.4, -0.2) is 47.9 Å². The largest absolute Gasteiger partial charge is 0.397 e. The van der Waals surface area contributed by atoms with Crippen LogP contribution in [0.5, 0.6) is 0 Å². The fourth-order valence-corrected chi connectivity index (χ4v) is 3.45. The first kappa shape index (κ1) is 13.5. The molecule has 0 bridgehead atoms. The number of piperazine rings is 1. The minimum absolute atomic E-state index is 0.150. The van der Waals surface area contributed by atoms with Gasteiger partial charge in [0.25, 0.3) is 0 Å². The molecule has 1 aromatic heterocycles. The molecular weight excluding hydrogens is 276 g/mol. The molecule has 4 rings (SSSR count). The number of nitrogens with zero attached hydrogens (tertiary/aromatic N) is 3. The molecule has 1 aromatic carbocycles. The van der Waals surface area contributed by atoms with Crippen LogP contribution in [0, 0.1) is 0 Å². The smallest absolute Gasteiger partial charge is 0.140 e. The molecule has 2 N–H and O–H groups in total. The Hall–Kier alpha value is -2.14. The van der Waals surface area contributed by atoms with Crippen molar-refractivity contribution in [3.63, 3.8) is 0 Å². The Kier molecular flexibility index (Phi) is 3.04. The number of hydrogen-bond acceptors (Lipinski definition) is 5. The maximum Gasteiger partial charge on any atom is 0.140 e. The molecule has 2 aliphatic rings. The van der Waals surface area contributed by atoms with Crippen LogP contribution in [0.2, 0.25) is 0 Å². The number of nitrogens with two attached hydrogens (primary N) is 1. The minimum Gasteiger partial charge on any atom is -0.397 e. The zero-order chi connectivity index (χ0) is 15.2. The maximum absolute atomic E-state index is 11.3. The van der Waals surface area contributed by atoms with Gasteiger partial charge >= 0.3 is 0 Å². The monoisotopic (exact) mass is 296 g/mol. The van der Waals surface area contributed by atoms with E-state index in [1.54, 1.807) is 6.20 Å². The average molecular weight is 296 g/mol. The number of pyridine rings is 1. The summed E-state index contributed by atoms with van der Waals surface area (Å²) in [5.41, 5.74) is 6.60. The first-order valence-corrected chi connectivity index (χ1v) is 7.83. The molecule has 5 heteroatoms. The lowest BCUT2D eigenvalue weighted by Gasteiger charge is -2.38. The van der Waals surface area contributed by atoms with E-state index in [0.29, 0.717) is 0 Å². The third kappa shape index (κ3) is 2.04. The highest BCUT2D eigenvalue weighted by Gasteiger charge is 2.48. The van der Waals surface area contributed by atoms with Crippen molar-refractivity contribution in [2.75, 3.05) is 36.8 Å². The van der Waals surface area contributed by atoms with Crippen molar-refractivity contribution >= 4 is 28.6 Å². The summed E-state index contributed by atoms with van der Waals surface area (Å²) in [6, 6.07) is 8.14. The molecule has 0 atom stereocenters. The van der Waals surface area contributed by atoms with E-state index in [4.69, 9.17) is 5.73 Å². The van der Waals surface area contributed by atoms with Gasteiger partial charge in [-0.1, -0.05) is 24.3 Å². The van der Waals surface area contributed by atoms with Gasteiger partial charge in [0.05, 0.1) is 17.4 Å². The lowest BCUT2D eigenvalue weighted by molar-refractivity contribution is -0.113. The van der Waals surface area contributed by atoms with Gasteiger partial charge in [-0.2, -0.15) is 0 Å². The number of nitrogen functional groups attached to an aromatic ring is 1. The van der Waals surface area contributed by atoms with Crippen molar-refractivity contribution in [1.82, 2.24) is 9.88 Å². The summed E-state index contributed by atoms with van der Waals surface area (Å²) >= 11 is 0. The second-order valence-corrected chi connectivity index (χ2v) is 6.28. The summed E-state index contributed by atoms with van der Waals surface area (Å²) in [4.78, 5) is 20.5. The van der Waals surface area contributed by atoms with Crippen molar-refractivity contribution in [2.45, 2.75) is 18.4 Å². The highest BCUT2D eigenvalue weighted by molar-refractivity contribution is 5.99. The summed E-state index contributed by atoms with van der Waals surface area (Å²) in [7, 11) is 0. The Balaban J connectivity index is 1.59. The third-order valence-electron chi connectivity index (χ3n) is 5.00. The Morgan fingerprint density at radius 1 is 1.09 bits per heavy atom. The topological polar surface area (TPSA) is 62.5 Å². The summed E-state index contributed by atoms with van der Waals surface area (Å²) in [6.07, 6.45) is 4.91. The number of rotatable bonds is 3. The van der Waals surface area contributed by atoms with Gasteiger partial charge in [-0.25, -0.2) is 4.98 Å². The highest BCUT2D eigenvalue weighted by Crippen LogP contribution is 2.40. The molecule has 1 saturated carbocycles. The average Bonchev–Trinajstić information content (AvgIpc) is 3.37. The Labute approximate surface area is 129 Å². The molecule has 0 spiro atoms. The fraction of sp³-hybridized carbons (Fsp3) is 0.412. The van der Waals surface area contributed by atoms with Crippen LogP contribution < -0.4 is 10.6 Å². The van der Waals surface area contributed by atoms with Crippen LogP contribution in [0.4, 0.5) is 11.5 Å². The van der Waals surface area contributed by atoms with E-state index in [1.807, 2.05) is 18.2 Å². The minimum atomic E-state index is -0.150. The van der Waals surface area contributed by atoms with Crippen LogP contribution in [0.1, 0.15) is 12.8 Å². The number of aldehydes is 1. The highest BCUT2D eigenvalue weighted by atomic mass is 16.1. The van der Waals surface area contributed by atoms with Gasteiger partial charge in [-0.3, -0.25) is 4.90 Å². The Morgan fingerprint density at radius 3 is 2.41 bits per heavy atom. The zero-order valence-electron chi connectivity index (χ0n) is 12.5. The molecule has 5 nitrogen and oxygen atoms in total. The van der Waals surface area contributed by atoms with E-state index in [1.165, 1.54) is 0 Å². The molecule has 1 saturated heterocycles. The standard InChI is InChI=1S/C17H20N4O/c18-15-11-19-16(14-4-2-1-3-13(14)15)20-7-9-21(10-8-20)17(12-22)5-6-17/h1-4,11-12H,5-10,18H2. The molecule has 1 aliphatic carbocycles. The van der Waals surface area contributed by atoms with E-state index in [9.17, 15) is 4.79 Å². The normalized spacial score (nSPS) is 21.0. The quantitative estimate of drug-likeness (QED) is 0.873. The van der Waals surface area contributed by atoms with Crippen LogP contribution in [-0.2, 0) is 4.79 Å². The number of benzene rings is 1. The molecule has 2 fully saturated rings. The lowest BCUT2D eigenvalue weighted by Crippen LogP contribution is -2.52. The number of aromatic nitrogens is 1.